The number of halogens is 6. The summed E-state index contributed by atoms with van der Waals surface area (Å²) in [5.41, 5.74) is 2.70. The molecule has 2 atom stereocenters. The minimum atomic E-state index is -5.07. The second-order valence-electron chi connectivity index (χ2n) is 8.82. The van der Waals surface area contributed by atoms with Gasteiger partial charge in [0.1, 0.15) is 0 Å². The predicted octanol–water partition coefficient (Wildman–Crippen LogP) is 6.12. The van der Waals surface area contributed by atoms with Crippen molar-refractivity contribution in [2.45, 2.75) is 51.2 Å². The molecule has 0 spiro atoms. The number of nitrogens with zero attached hydrogens (tertiary/aromatic N) is 2. The molecular weight excluding hydrogens is 536 g/mol. The van der Waals surface area contributed by atoms with Gasteiger partial charge in [-0.1, -0.05) is 0 Å². The summed E-state index contributed by atoms with van der Waals surface area (Å²) in [5.74, 6) is 0.444. The highest BCUT2D eigenvalue weighted by atomic mass is 19.4. The number of hydrogen-bond acceptors (Lipinski definition) is 5. The maximum Gasteiger partial charge on any atom is 0.416 e. The Morgan fingerprint density at radius 1 is 0.974 bits per heavy atom. The number of alkyl halides is 6. The lowest BCUT2D eigenvalue weighted by Gasteiger charge is -2.42. The number of nitrogens with two attached hydrogens (primary N) is 1. The van der Waals surface area contributed by atoms with Gasteiger partial charge in [0.25, 0.3) is 0 Å². The fourth-order valence-corrected chi connectivity index (χ4v) is 4.57. The second-order valence-corrected chi connectivity index (χ2v) is 8.82. The zero-order valence-electron chi connectivity index (χ0n) is 21.4. The Morgan fingerprint density at radius 2 is 1.51 bits per heavy atom. The molecule has 0 fully saturated rings. The van der Waals surface area contributed by atoms with Gasteiger partial charge in [0.15, 0.2) is 11.5 Å². The van der Waals surface area contributed by atoms with E-state index in [4.69, 9.17) is 19.9 Å². The van der Waals surface area contributed by atoms with Crippen LogP contribution in [0, 0.1) is 0 Å². The molecule has 1 aliphatic heterocycles. The lowest BCUT2D eigenvalue weighted by molar-refractivity contribution is -0.143. The van der Waals surface area contributed by atoms with Crippen LogP contribution in [0.3, 0.4) is 0 Å². The highest BCUT2D eigenvalue weighted by Crippen LogP contribution is 2.46. The number of primary amides is 1. The quantitative estimate of drug-likeness (QED) is 0.428. The molecule has 0 aromatic heterocycles. The van der Waals surface area contributed by atoms with Crippen LogP contribution in [0.25, 0.3) is 0 Å². The second kappa shape index (κ2) is 11.1. The summed E-state index contributed by atoms with van der Waals surface area (Å²) in [5, 5.41) is 0. The SMILES string of the molecule is CCOC(=O)N1c2cc(OC)c(OC)cc2[C@H](N(Cc2cc(C(F)(F)F)cc(C(F)(F)F)c2)C(N)=O)C[C@@H]1C. The molecule has 2 N–H and O–H groups in total. The summed E-state index contributed by atoms with van der Waals surface area (Å²) in [7, 11) is 2.71. The first-order valence-electron chi connectivity index (χ1n) is 11.7. The van der Waals surface area contributed by atoms with Gasteiger partial charge >= 0.3 is 24.5 Å². The average molecular weight is 563 g/mol. The number of ether oxygens (including phenoxy) is 3. The van der Waals surface area contributed by atoms with Gasteiger partial charge in [0.2, 0.25) is 0 Å². The Bertz CT molecular complexity index is 1200. The Balaban J connectivity index is 2.17. The largest absolute Gasteiger partial charge is 0.493 e. The highest BCUT2D eigenvalue weighted by molar-refractivity contribution is 5.91. The molecule has 3 rings (SSSR count). The topological polar surface area (TPSA) is 94.3 Å². The molecule has 0 bridgehead atoms. The number of benzene rings is 2. The van der Waals surface area contributed by atoms with Crippen LogP contribution in [-0.4, -0.2) is 43.9 Å². The van der Waals surface area contributed by atoms with Gasteiger partial charge in [-0.05, 0) is 50.1 Å². The number of carbonyl (C=O) groups excluding carboxylic acids is 2. The fraction of sp³-hybridized carbons (Fsp3) is 0.440. The van der Waals surface area contributed by atoms with Crippen LogP contribution < -0.4 is 20.1 Å². The molecule has 3 amide bonds. The number of anilines is 1. The van der Waals surface area contributed by atoms with Gasteiger partial charge in [-0.25, -0.2) is 9.59 Å². The number of rotatable bonds is 6. The molecule has 0 saturated carbocycles. The van der Waals surface area contributed by atoms with Gasteiger partial charge in [-0.2, -0.15) is 26.3 Å². The van der Waals surface area contributed by atoms with Crippen LogP contribution in [0.4, 0.5) is 41.6 Å². The van der Waals surface area contributed by atoms with Crippen LogP contribution in [0.1, 0.15) is 48.6 Å². The number of fused-ring (bicyclic) bond motifs is 1. The average Bonchev–Trinajstić information content (AvgIpc) is 2.84. The van der Waals surface area contributed by atoms with E-state index in [2.05, 4.69) is 0 Å². The summed E-state index contributed by atoms with van der Waals surface area (Å²) < 4.78 is 96.4. The van der Waals surface area contributed by atoms with E-state index < -0.39 is 59.8 Å². The van der Waals surface area contributed by atoms with Crippen molar-refractivity contribution in [2.24, 2.45) is 5.73 Å². The number of amides is 3. The van der Waals surface area contributed by atoms with Crippen molar-refractivity contribution >= 4 is 17.8 Å². The molecule has 214 valence electrons. The molecule has 39 heavy (non-hydrogen) atoms. The molecule has 14 heteroatoms. The third-order valence-electron chi connectivity index (χ3n) is 6.28. The van der Waals surface area contributed by atoms with E-state index >= 15 is 0 Å². The van der Waals surface area contributed by atoms with E-state index in [9.17, 15) is 35.9 Å². The Labute approximate surface area is 220 Å². The number of hydrogen-bond donors (Lipinski definition) is 1. The van der Waals surface area contributed by atoms with Crippen molar-refractivity contribution in [3.05, 3.63) is 52.6 Å². The predicted molar refractivity (Wildman–Crippen MR) is 127 cm³/mol. The van der Waals surface area contributed by atoms with Gasteiger partial charge in [-0.15, -0.1) is 0 Å². The molecular formula is C25H27F6N3O5. The Kier molecular flexibility index (Phi) is 8.46. The van der Waals surface area contributed by atoms with Crippen LogP contribution in [0.5, 0.6) is 11.5 Å². The lowest BCUT2D eigenvalue weighted by atomic mass is 9.90. The third-order valence-corrected chi connectivity index (χ3v) is 6.28. The van der Waals surface area contributed by atoms with Crippen molar-refractivity contribution in [1.82, 2.24) is 4.90 Å². The first-order chi connectivity index (χ1) is 18.1. The zero-order valence-corrected chi connectivity index (χ0v) is 21.4. The third kappa shape index (κ3) is 6.25. The van der Waals surface area contributed by atoms with Gasteiger partial charge < -0.3 is 24.8 Å². The van der Waals surface area contributed by atoms with E-state index in [0.29, 0.717) is 17.7 Å². The highest BCUT2D eigenvalue weighted by Gasteiger charge is 2.41. The van der Waals surface area contributed by atoms with E-state index in [1.54, 1.807) is 13.8 Å². The van der Waals surface area contributed by atoms with Crippen LogP contribution in [0.2, 0.25) is 0 Å². The van der Waals surface area contributed by atoms with E-state index in [0.717, 1.165) is 4.90 Å². The Morgan fingerprint density at radius 3 is 1.97 bits per heavy atom. The normalized spacial score (nSPS) is 17.3. The minimum Gasteiger partial charge on any atom is -0.493 e. The van der Waals surface area contributed by atoms with Gasteiger partial charge in [0.05, 0.1) is 43.7 Å². The molecule has 1 aliphatic rings. The molecule has 0 radical (unpaired) electrons. The maximum absolute atomic E-state index is 13.4. The van der Waals surface area contributed by atoms with Gasteiger partial charge in [0, 0.05) is 24.2 Å². The molecule has 0 aliphatic carbocycles. The van der Waals surface area contributed by atoms with Crippen molar-refractivity contribution in [1.29, 1.82) is 0 Å². The van der Waals surface area contributed by atoms with Crippen LogP contribution >= 0.6 is 0 Å². The standard InChI is InChI=1S/C25H27F6N3O5/c1-5-39-23(36)34-13(2)6-18(17-10-20(37-3)21(38-4)11-19(17)34)33(22(32)35)12-14-7-15(24(26,27)28)9-16(8-14)25(29,30)31/h7-11,13,18H,5-6,12H2,1-4H3,(H2,32,35)/t13-,18+/m0/s1. The van der Waals surface area contributed by atoms with Crippen molar-refractivity contribution in [3.63, 3.8) is 0 Å². The molecule has 8 nitrogen and oxygen atoms in total. The summed E-state index contributed by atoms with van der Waals surface area (Å²) in [6.45, 7) is 2.66. The number of urea groups is 1. The van der Waals surface area contributed by atoms with Gasteiger partial charge in [-0.3, -0.25) is 4.90 Å². The van der Waals surface area contributed by atoms with Crippen molar-refractivity contribution in [3.8, 4) is 11.5 Å². The zero-order chi connectivity index (χ0) is 29.3. The first-order valence-corrected chi connectivity index (χ1v) is 11.7. The number of carbonyl (C=O) groups is 2. The molecule has 2 aromatic carbocycles. The number of methoxy groups -OCH3 is 2. The van der Waals surface area contributed by atoms with Crippen LogP contribution in [0.15, 0.2) is 30.3 Å². The first kappa shape index (κ1) is 29.7. The fourth-order valence-electron chi connectivity index (χ4n) is 4.57. The van der Waals surface area contributed by atoms with Crippen LogP contribution in [-0.2, 0) is 23.6 Å². The molecule has 0 unspecified atom stereocenters. The molecule has 2 aromatic rings. The van der Waals surface area contributed by atoms with Crippen molar-refractivity contribution in [2.75, 3.05) is 25.7 Å². The monoisotopic (exact) mass is 563 g/mol. The lowest BCUT2D eigenvalue weighted by Crippen LogP contribution is -2.48. The summed E-state index contributed by atoms with van der Waals surface area (Å²) in [6, 6.07) is 1.36. The van der Waals surface area contributed by atoms with E-state index in [-0.39, 0.29) is 36.3 Å². The van der Waals surface area contributed by atoms with E-state index in [1.807, 2.05) is 0 Å². The summed E-state index contributed by atoms with van der Waals surface area (Å²) in [4.78, 5) is 27.7. The summed E-state index contributed by atoms with van der Waals surface area (Å²) in [6.07, 6.45) is -10.8. The summed E-state index contributed by atoms with van der Waals surface area (Å²) >= 11 is 0. The molecule has 1 heterocycles. The minimum absolute atomic E-state index is 0.00442. The Hall–Kier alpha value is -3.84. The maximum atomic E-state index is 13.4. The smallest absolute Gasteiger partial charge is 0.416 e. The van der Waals surface area contributed by atoms with Crippen molar-refractivity contribution < 1.29 is 50.1 Å². The molecule has 0 saturated heterocycles. The van der Waals surface area contributed by atoms with E-state index in [1.165, 1.54) is 31.3 Å².